The Labute approximate surface area is 179 Å². The predicted octanol–water partition coefficient (Wildman–Crippen LogP) is 6.70. The van der Waals surface area contributed by atoms with Gasteiger partial charge in [-0.05, 0) is 54.2 Å². The van der Waals surface area contributed by atoms with E-state index in [1.54, 1.807) is 0 Å². The topological polar surface area (TPSA) is 9.23 Å². The van der Waals surface area contributed by atoms with Crippen molar-refractivity contribution >= 4 is 36.8 Å². The summed E-state index contributed by atoms with van der Waals surface area (Å²) in [5, 5.41) is 2.89. The minimum Gasteiger partial charge on any atom is -0.414 e. The minimum absolute atomic E-state index is 0.246. The van der Waals surface area contributed by atoms with Crippen molar-refractivity contribution < 1.29 is 4.43 Å². The van der Waals surface area contributed by atoms with Crippen LogP contribution in [-0.4, -0.2) is 20.1 Å². The van der Waals surface area contributed by atoms with Crippen molar-refractivity contribution in [3.63, 3.8) is 0 Å². The van der Waals surface area contributed by atoms with Gasteiger partial charge in [-0.15, -0.1) is 0 Å². The van der Waals surface area contributed by atoms with Crippen molar-refractivity contribution in [2.75, 3.05) is 0 Å². The van der Waals surface area contributed by atoms with Crippen molar-refractivity contribution in [2.45, 2.75) is 77.4 Å². The Morgan fingerprint density at radius 2 is 1.29 bits per heavy atom. The van der Waals surface area contributed by atoms with E-state index in [0.29, 0.717) is 5.66 Å². The van der Waals surface area contributed by atoms with Crippen LogP contribution >= 0.6 is 6.04 Å². The molecular weight excluding hydrogens is 395 g/mol. The van der Waals surface area contributed by atoms with Crippen LogP contribution in [0.4, 0.5) is 0 Å². The van der Waals surface area contributed by atoms with Gasteiger partial charge < -0.3 is 4.43 Å². The van der Waals surface area contributed by atoms with Gasteiger partial charge >= 0.3 is 0 Å². The third-order valence-corrected chi connectivity index (χ3v) is 16.8. The summed E-state index contributed by atoms with van der Waals surface area (Å²) in [7, 11) is -1.73. The molecule has 0 aromatic heterocycles. The van der Waals surface area contributed by atoms with Crippen LogP contribution in [0, 0.1) is 0 Å². The first-order valence-electron chi connectivity index (χ1n) is 10.4. The van der Waals surface area contributed by atoms with Crippen LogP contribution in [0.25, 0.3) is 0 Å². The zero-order valence-corrected chi connectivity index (χ0v) is 21.3. The van der Waals surface area contributed by atoms with E-state index in [2.05, 4.69) is 108 Å². The van der Waals surface area contributed by atoms with Gasteiger partial charge in [-0.3, -0.25) is 0 Å². The molecule has 0 saturated carbocycles. The van der Waals surface area contributed by atoms with Crippen LogP contribution in [0.5, 0.6) is 0 Å². The Hall–Kier alpha value is -0.733. The summed E-state index contributed by atoms with van der Waals surface area (Å²) in [6.07, 6.45) is 2.43. The van der Waals surface area contributed by atoms with Crippen molar-refractivity contribution in [3.8, 4) is 0 Å². The number of hydrogen-bond acceptors (Lipinski definition) is 2. The van der Waals surface area contributed by atoms with Gasteiger partial charge in [0.1, 0.15) is 0 Å². The van der Waals surface area contributed by atoms with Gasteiger partial charge in [0.05, 0.1) is 0 Å². The molecule has 0 radical (unpaired) electrons. The Bertz CT molecular complexity index is 740. The third-order valence-electron chi connectivity index (χ3n) is 6.19. The summed E-state index contributed by atoms with van der Waals surface area (Å²) in [6.45, 7) is 16.2. The lowest BCUT2D eigenvalue weighted by atomic mass is 10.2. The normalized spacial score (nSPS) is 15.2. The summed E-state index contributed by atoms with van der Waals surface area (Å²) in [4.78, 5) is 0. The SMILES string of the molecule is C[C@H](CC[C@H](C)P(=S)(c1ccccc1)c1ccccc1)O[Si](C)(C)C(C)(C)C. The van der Waals surface area contributed by atoms with Crippen molar-refractivity contribution in [1.29, 1.82) is 0 Å². The monoisotopic (exact) mass is 432 g/mol. The molecule has 2 aromatic rings. The second-order valence-corrected chi connectivity index (χ2v) is 19.2. The van der Waals surface area contributed by atoms with E-state index in [1.807, 2.05) is 0 Å². The molecule has 154 valence electrons. The zero-order valence-electron chi connectivity index (χ0n) is 18.6. The average molecular weight is 433 g/mol. The van der Waals surface area contributed by atoms with E-state index in [4.69, 9.17) is 16.2 Å². The molecule has 0 aliphatic carbocycles. The summed E-state index contributed by atoms with van der Waals surface area (Å²) in [5.41, 5.74) is 0.442. The van der Waals surface area contributed by atoms with Crippen molar-refractivity contribution in [2.24, 2.45) is 0 Å². The minimum atomic E-state index is -1.87. The lowest BCUT2D eigenvalue weighted by molar-refractivity contribution is 0.186. The maximum absolute atomic E-state index is 6.59. The van der Waals surface area contributed by atoms with E-state index in [-0.39, 0.29) is 11.1 Å². The Kier molecular flexibility index (Phi) is 7.89. The molecule has 1 nitrogen and oxygen atoms in total. The maximum atomic E-state index is 6.59. The lowest BCUT2D eigenvalue weighted by Gasteiger charge is -2.39. The highest BCUT2D eigenvalue weighted by molar-refractivity contribution is 8.22. The Morgan fingerprint density at radius 1 is 0.857 bits per heavy atom. The fraction of sp³-hybridized carbons (Fsp3) is 0.500. The second-order valence-electron chi connectivity index (χ2n) is 9.44. The van der Waals surface area contributed by atoms with Crippen LogP contribution in [0.2, 0.25) is 18.1 Å². The molecule has 2 rings (SSSR count). The van der Waals surface area contributed by atoms with Crippen LogP contribution in [-0.2, 0) is 16.2 Å². The summed E-state index contributed by atoms with van der Waals surface area (Å²) >= 11 is 6.46. The average Bonchev–Trinajstić information content (AvgIpc) is 2.65. The van der Waals surface area contributed by atoms with Gasteiger partial charge in [0, 0.05) is 12.1 Å². The van der Waals surface area contributed by atoms with Crippen LogP contribution < -0.4 is 10.6 Å². The molecule has 0 heterocycles. The molecule has 0 aliphatic rings. The maximum Gasteiger partial charge on any atom is 0.192 e. The van der Waals surface area contributed by atoms with E-state index in [0.717, 1.165) is 12.8 Å². The van der Waals surface area contributed by atoms with E-state index < -0.39 is 14.4 Å². The van der Waals surface area contributed by atoms with Gasteiger partial charge in [0.25, 0.3) is 0 Å². The highest BCUT2D eigenvalue weighted by Crippen LogP contribution is 2.50. The van der Waals surface area contributed by atoms with Crippen LogP contribution in [0.15, 0.2) is 60.7 Å². The molecule has 0 aliphatic heterocycles. The summed E-state index contributed by atoms with van der Waals surface area (Å²) in [6, 6.07) is 19.7. The number of benzene rings is 2. The van der Waals surface area contributed by atoms with Gasteiger partial charge in [0.2, 0.25) is 0 Å². The van der Waals surface area contributed by atoms with E-state index >= 15 is 0 Å². The third kappa shape index (κ3) is 5.45. The molecular formula is C24H37OPSSi. The second kappa shape index (κ2) is 9.39. The number of rotatable bonds is 8. The molecule has 0 amide bonds. The van der Waals surface area contributed by atoms with Crippen molar-refractivity contribution in [3.05, 3.63) is 60.7 Å². The predicted molar refractivity (Wildman–Crippen MR) is 133 cm³/mol. The fourth-order valence-electron chi connectivity index (χ4n) is 3.35. The van der Waals surface area contributed by atoms with Gasteiger partial charge in [-0.2, -0.15) is 0 Å². The fourth-order valence-corrected chi connectivity index (χ4v) is 8.94. The molecule has 2 aromatic carbocycles. The Balaban J connectivity index is 2.19. The van der Waals surface area contributed by atoms with Crippen LogP contribution in [0.3, 0.4) is 0 Å². The zero-order chi connectivity index (χ0) is 21.0. The summed E-state index contributed by atoms with van der Waals surface area (Å²) < 4.78 is 6.59. The molecule has 0 unspecified atom stereocenters. The molecule has 0 N–H and O–H groups in total. The Morgan fingerprint density at radius 3 is 1.68 bits per heavy atom. The smallest absolute Gasteiger partial charge is 0.192 e. The van der Waals surface area contributed by atoms with E-state index in [1.165, 1.54) is 10.6 Å². The molecule has 0 fully saturated rings. The molecule has 2 atom stereocenters. The first kappa shape index (κ1) is 23.5. The standard InChI is InChI=1S/C24H37OPSSi/c1-20(25-28(6,7)24(3,4)5)18-19-21(2)26(27,22-14-10-8-11-15-22)23-16-12-9-13-17-23/h8-17,20-21H,18-19H2,1-7H3/t20-,21+/m1/s1. The summed E-state index contributed by atoms with van der Waals surface area (Å²) in [5.74, 6) is 0. The van der Waals surface area contributed by atoms with Crippen LogP contribution in [0.1, 0.15) is 47.5 Å². The molecule has 0 bridgehead atoms. The molecule has 28 heavy (non-hydrogen) atoms. The molecule has 0 spiro atoms. The quantitative estimate of drug-likeness (QED) is 0.339. The lowest BCUT2D eigenvalue weighted by Crippen LogP contribution is -2.43. The van der Waals surface area contributed by atoms with Gasteiger partial charge in [-0.1, -0.05) is 100 Å². The van der Waals surface area contributed by atoms with Crippen molar-refractivity contribution in [1.82, 2.24) is 0 Å². The highest BCUT2D eigenvalue weighted by Gasteiger charge is 2.38. The first-order valence-corrected chi connectivity index (χ1v) is 16.2. The molecule has 4 heteroatoms. The molecule has 0 saturated heterocycles. The first-order chi connectivity index (χ1) is 13.0. The van der Waals surface area contributed by atoms with Gasteiger partial charge in [-0.25, -0.2) is 0 Å². The van der Waals surface area contributed by atoms with Gasteiger partial charge in [0.15, 0.2) is 8.32 Å². The highest BCUT2D eigenvalue weighted by atomic mass is 32.4. The largest absolute Gasteiger partial charge is 0.414 e. The van der Waals surface area contributed by atoms with E-state index in [9.17, 15) is 0 Å². The number of hydrogen-bond donors (Lipinski definition) is 0.